The highest BCUT2D eigenvalue weighted by molar-refractivity contribution is 5.98. The largest absolute Gasteiger partial charge is 0.309 e. The lowest BCUT2D eigenvalue weighted by Crippen LogP contribution is -2.39. The summed E-state index contributed by atoms with van der Waals surface area (Å²) in [6.45, 7) is 1.76. The Labute approximate surface area is 182 Å². The van der Waals surface area contributed by atoms with Gasteiger partial charge in [-0.05, 0) is 46.6 Å². The molecule has 3 aliphatic rings. The lowest BCUT2D eigenvalue weighted by molar-refractivity contribution is -0.132. The molecule has 2 fully saturated rings. The normalized spacial score (nSPS) is 28.7. The highest BCUT2D eigenvalue weighted by atomic mass is 16.5. The Morgan fingerprint density at radius 3 is 2.23 bits per heavy atom. The summed E-state index contributed by atoms with van der Waals surface area (Å²) in [6.07, 6.45) is 2.21. The molecule has 1 amide bonds. The van der Waals surface area contributed by atoms with Crippen LogP contribution < -0.4 is 10.8 Å². The van der Waals surface area contributed by atoms with E-state index in [0.717, 1.165) is 37.1 Å². The maximum absolute atomic E-state index is 13.7. The molecule has 0 bridgehead atoms. The molecule has 0 aromatic heterocycles. The van der Waals surface area contributed by atoms with Crippen LogP contribution in [0.3, 0.4) is 0 Å². The minimum absolute atomic E-state index is 0.0318. The van der Waals surface area contributed by atoms with Gasteiger partial charge in [0.15, 0.2) is 0 Å². The van der Waals surface area contributed by atoms with Crippen LogP contribution in [0, 0.1) is 5.92 Å². The highest BCUT2D eigenvalue weighted by Gasteiger charge is 2.85. The second-order valence-electron chi connectivity index (χ2n) is 9.19. The first-order valence-corrected chi connectivity index (χ1v) is 11.1. The number of carbonyl (C=O) groups is 1. The molecule has 4 heteroatoms. The second-order valence-corrected chi connectivity index (χ2v) is 9.19. The third-order valence-electron chi connectivity index (χ3n) is 7.82. The Morgan fingerprint density at radius 1 is 0.871 bits per heavy atom. The predicted octanol–water partition coefficient (Wildman–Crippen LogP) is 4.18. The number of nitrogens with one attached hydrogen (secondary N) is 2. The van der Waals surface area contributed by atoms with Crippen molar-refractivity contribution < 1.29 is 10.0 Å². The Kier molecular flexibility index (Phi) is 4.11. The summed E-state index contributed by atoms with van der Waals surface area (Å²) < 4.78 is 0. The second kappa shape index (κ2) is 6.78. The minimum atomic E-state index is -0.841. The smallest absolute Gasteiger partial charge is 0.255 e. The van der Waals surface area contributed by atoms with Gasteiger partial charge in [-0.25, -0.2) is 5.48 Å². The molecular weight excluding hydrogens is 384 g/mol. The molecule has 2 saturated carbocycles. The van der Waals surface area contributed by atoms with Crippen LogP contribution in [0.1, 0.15) is 46.6 Å². The van der Waals surface area contributed by atoms with Crippen molar-refractivity contribution in [3.63, 3.8) is 0 Å². The number of rotatable bonds is 5. The van der Waals surface area contributed by atoms with E-state index in [0.29, 0.717) is 5.92 Å². The fourth-order valence-corrected chi connectivity index (χ4v) is 6.58. The summed E-state index contributed by atoms with van der Waals surface area (Å²) in [7, 11) is 0. The maximum atomic E-state index is 13.7. The molecule has 3 aromatic carbocycles. The van der Waals surface area contributed by atoms with Crippen LogP contribution in [-0.4, -0.2) is 11.1 Å². The van der Waals surface area contributed by atoms with Crippen molar-refractivity contribution >= 4 is 5.91 Å². The summed E-state index contributed by atoms with van der Waals surface area (Å²) in [5.41, 5.74) is 6.86. The van der Waals surface area contributed by atoms with E-state index in [1.165, 1.54) is 16.7 Å². The van der Waals surface area contributed by atoms with E-state index in [9.17, 15) is 10.0 Å². The highest BCUT2D eigenvalue weighted by Crippen LogP contribution is 2.81. The third kappa shape index (κ3) is 2.40. The molecule has 1 heterocycles. The van der Waals surface area contributed by atoms with Gasteiger partial charge in [-0.15, -0.1) is 0 Å². The fourth-order valence-electron chi connectivity index (χ4n) is 6.58. The van der Waals surface area contributed by atoms with E-state index < -0.39 is 5.41 Å². The first-order valence-electron chi connectivity index (χ1n) is 11.1. The Hall–Kier alpha value is -2.95. The van der Waals surface area contributed by atoms with Gasteiger partial charge in [-0.3, -0.25) is 10.0 Å². The van der Waals surface area contributed by atoms with Crippen molar-refractivity contribution in [2.75, 3.05) is 0 Å². The molecular formula is C27H26N2O2. The van der Waals surface area contributed by atoms with Gasteiger partial charge in [0.2, 0.25) is 0 Å². The average Bonchev–Trinajstić information content (AvgIpc) is 3.72. The maximum Gasteiger partial charge on any atom is 0.255 e. The first kappa shape index (κ1) is 18.8. The number of hydrogen-bond acceptors (Lipinski definition) is 3. The molecule has 2 aliphatic carbocycles. The number of hydrogen-bond donors (Lipinski definition) is 3. The van der Waals surface area contributed by atoms with Crippen LogP contribution in [0.25, 0.3) is 0 Å². The van der Waals surface area contributed by atoms with E-state index in [4.69, 9.17) is 0 Å². The number of hydroxylamine groups is 1. The van der Waals surface area contributed by atoms with E-state index in [1.807, 2.05) is 48.5 Å². The topological polar surface area (TPSA) is 61.4 Å². The molecule has 3 N–H and O–H groups in total. The Morgan fingerprint density at radius 2 is 1.55 bits per heavy atom. The first-order chi connectivity index (χ1) is 15.2. The number of benzene rings is 3. The van der Waals surface area contributed by atoms with Gasteiger partial charge in [-0.1, -0.05) is 78.9 Å². The lowest BCUT2D eigenvalue weighted by Gasteiger charge is -2.26. The van der Waals surface area contributed by atoms with Gasteiger partial charge in [0.25, 0.3) is 5.91 Å². The molecule has 0 radical (unpaired) electrons. The fraction of sp³-hybridized carbons (Fsp3) is 0.296. The predicted molar refractivity (Wildman–Crippen MR) is 119 cm³/mol. The van der Waals surface area contributed by atoms with Gasteiger partial charge in [-0.2, -0.15) is 0 Å². The zero-order valence-corrected chi connectivity index (χ0v) is 17.3. The molecule has 156 valence electrons. The summed E-state index contributed by atoms with van der Waals surface area (Å²) in [5.74, 6) is 0.0661. The van der Waals surface area contributed by atoms with Crippen molar-refractivity contribution in [2.24, 2.45) is 5.92 Å². The monoisotopic (exact) mass is 410 g/mol. The zero-order valence-electron chi connectivity index (χ0n) is 17.3. The lowest BCUT2D eigenvalue weighted by atomic mass is 9.77. The molecule has 0 saturated heterocycles. The summed E-state index contributed by atoms with van der Waals surface area (Å²) in [4.78, 5) is 13.7. The number of fused-ring (bicyclic) bond motifs is 1. The molecule has 3 aromatic rings. The molecule has 3 atom stereocenters. The standard InChI is InChI=1S/C27H26N2O2/c30-25(29-31)27(21-9-5-2-6-10-21)24(18-7-3-1-4-8-18)26(27,22-13-14-22)23-12-11-19-16-28-17-20(19)15-23/h1-12,15,22,24,28,31H,13-14,16-17H2,(H,29,30). The average molecular weight is 411 g/mol. The van der Waals surface area contributed by atoms with Crippen LogP contribution in [0.4, 0.5) is 0 Å². The van der Waals surface area contributed by atoms with Crippen molar-refractivity contribution in [1.82, 2.24) is 10.8 Å². The van der Waals surface area contributed by atoms with Crippen LogP contribution in [0.2, 0.25) is 0 Å². The molecule has 31 heavy (non-hydrogen) atoms. The Balaban J connectivity index is 1.65. The van der Waals surface area contributed by atoms with Crippen LogP contribution in [-0.2, 0) is 28.7 Å². The summed E-state index contributed by atoms with van der Waals surface area (Å²) >= 11 is 0. The third-order valence-corrected chi connectivity index (χ3v) is 7.82. The van der Waals surface area contributed by atoms with Crippen molar-refractivity contribution in [1.29, 1.82) is 0 Å². The van der Waals surface area contributed by atoms with Crippen LogP contribution in [0.15, 0.2) is 78.9 Å². The van der Waals surface area contributed by atoms with Crippen molar-refractivity contribution in [3.8, 4) is 0 Å². The van der Waals surface area contributed by atoms with Gasteiger partial charge in [0, 0.05) is 24.4 Å². The van der Waals surface area contributed by atoms with Gasteiger partial charge >= 0.3 is 0 Å². The SMILES string of the molecule is O=C(NO)C1(c2ccccc2)C(c2ccccc2)C1(c1ccc2c(c1)CNC2)C1CC1. The Bertz CT molecular complexity index is 1140. The number of amides is 1. The molecule has 3 unspecified atom stereocenters. The summed E-state index contributed by atoms with van der Waals surface area (Å²) in [5, 5.41) is 13.4. The van der Waals surface area contributed by atoms with Gasteiger partial charge in [0.1, 0.15) is 0 Å². The zero-order chi connectivity index (χ0) is 21.1. The summed E-state index contributed by atoms with van der Waals surface area (Å²) in [6, 6.07) is 27.2. The molecule has 4 nitrogen and oxygen atoms in total. The van der Waals surface area contributed by atoms with Crippen molar-refractivity contribution in [2.45, 2.75) is 42.7 Å². The van der Waals surface area contributed by atoms with Crippen molar-refractivity contribution in [3.05, 3.63) is 107 Å². The molecule has 0 spiro atoms. The molecule has 6 rings (SSSR count). The van der Waals surface area contributed by atoms with E-state index in [2.05, 4.69) is 41.1 Å². The van der Waals surface area contributed by atoms with Gasteiger partial charge in [0.05, 0.1) is 5.41 Å². The molecule has 1 aliphatic heterocycles. The van der Waals surface area contributed by atoms with Gasteiger partial charge < -0.3 is 5.32 Å². The number of carbonyl (C=O) groups excluding carboxylic acids is 1. The van der Waals surface area contributed by atoms with Crippen LogP contribution in [0.5, 0.6) is 0 Å². The quantitative estimate of drug-likeness (QED) is 0.437. The van der Waals surface area contributed by atoms with E-state index in [1.54, 1.807) is 0 Å². The van der Waals surface area contributed by atoms with E-state index >= 15 is 0 Å². The minimum Gasteiger partial charge on any atom is -0.309 e. The van der Waals surface area contributed by atoms with E-state index in [-0.39, 0.29) is 17.2 Å². The van der Waals surface area contributed by atoms with Crippen LogP contribution >= 0.6 is 0 Å².